The van der Waals surface area contributed by atoms with Crippen LogP contribution >= 0.6 is 66.4 Å². The van der Waals surface area contributed by atoms with Gasteiger partial charge in [-0.25, -0.2) is 0 Å². The molecule has 0 radical (unpaired) electrons. The molecule has 0 N–H and O–H groups in total. The van der Waals surface area contributed by atoms with E-state index < -0.39 is 0 Å². The standard InChI is InChI=1S/C13H10Br2Cl2S/c1-6-3-10(15)8(4-9(6)14)12(17)13-11(16)7(2)5-18-13/h3-5,12H,1-2H3. The molecular weight excluding hydrogens is 419 g/mol. The van der Waals surface area contributed by atoms with Crippen LogP contribution in [-0.2, 0) is 0 Å². The van der Waals surface area contributed by atoms with Crippen molar-refractivity contribution in [1.82, 2.24) is 0 Å². The molecule has 0 saturated heterocycles. The minimum absolute atomic E-state index is 0.234. The summed E-state index contributed by atoms with van der Waals surface area (Å²) in [6, 6.07) is 4.10. The third-order valence-electron chi connectivity index (χ3n) is 2.71. The summed E-state index contributed by atoms with van der Waals surface area (Å²) < 4.78 is 2.06. The summed E-state index contributed by atoms with van der Waals surface area (Å²) in [7, 11) is 0. The Balaban J connectivity index is 2.49. The Hall–Kier alpha value is 0.460. The summed E-state index contributed by atoms with van der Waals surface area (Å²) in [6.45, 7) is 4.04. The fourth-order valence-corrected chi connectivity index (χ4v) is 4.59. The molecule has 1 aromatic heterocycles. The lowest BCUT2D eigenvalue weighted by Crippen LogP contribution is -1.94. The second kappa shape index (κ2) is 5.84. The third-order valence-corrected chi connectivity index (χ3v) is 6.61. The van der Waals surface area contributed by atoms with Crippen LogP contribution in [0.3, 0.4) is 0 Å². The molecule has 0 amide bonds. The largest absolute Gasteiger partial charge is 0.145 e. The molecule has 0 bridgehead atoms. The van der Waals surface area contributed by atoms with Gasteiger partial charge in [-0.05, 0) is 48.1 Å². The van der Waals surface area contributed by atoms with Crippen molar-refractivity contribution in [1.29, 1.82) is 0 Å². The van der Waals surface area contributed by atoms with Crippen LogP contribution in [0.25, 0.3) is 0 Å². The van der Waals surface area contributed by atoms with Gasteiger partial charge < -0.3 is 0 Å². The number of thiophene rings is 1. The zero-order valence-corrected chi connectivity index (χ0v) is 15.2. The summed E-state index contributed by atoms with van der Waals surface area (Å²) in [5.74, 6) is 0. The fraction of sp³-hybridized carbons (Fsp3) is 0.231. The quantitative estimate of drug-likeness (QED) is 0.458. The molecule has 1 aromatic carbocycles. The van der Waals surface area contributed by atoms with E-state index in [0.29, 0.717) is 0 Å². The highest BCUT2D eigenvalue weighted by Gasteiger charge is 2.20. The number of benzene rings is 1. The van der Waals surface area contributed by atoms with Gasteiger partial charge in [0.15, 0.2) is 0 Å². The minimum atomic E-state index is -0.234. The highest BCUT2D eigenvalue weighted by atomic mass is 79.9. The summed E-state index contributed by atoms with van der Waals surface area (Å²) in [6.07, 6.45) is 0. The summed E-state index contributed by atoms with van der Waals surface area (Å²) in [4.78, 5) is 0.993. The van der Waals surface area contributed by atoms with Crippen molar-refractivity contribution in [2.24, 2.45) is 0 Å². The van der Waals surface area contributed by atoms with E-state index in [-0.39, 0.29) is 5.38 Å². The van der Waals surface area contributed by atoms with E-state index in [1.807, 2.05) is 25.3 Å². The van der Waals surface area contributed by atoms with Crippen molar-refractivity contribution in [3.05, 3.63) is 53.0 Å². The second-order valence-corrected chi connectivity index (χ2v) is 7.52. The van der Waals surface area contributed by atoms with E-state index in [1.165, 1.54) is 5.56 Å². The molecule has 2 aromatic rings. The number of alkyl halides is 1. The number of hydrogen-bond donors (Lipinski definition) is 0. The number of aryl methyl sites for hydroxylation is 2. The molecule has 2 rings (SSSR count). The van der Waals surface area contributed by atoms with Crippen LogP contribution < -0.4 is 0 Å². The minimum Gasteiger partial charge on any atom is -0.145 e. The van der Waals surface area contributed by atoms with Crippen molar-refractivity contribution in [2.75, 3.05) is 0 Å². The topological polar surface area (TPSA) is 0 Å². The molecule has 0 fully saturated rings. The zero-order chi connectivity index (χ0) is 13.4. The first-order valence-corrected chi connectivity index (χ1v) is 8.53. The normalized spacial score (nSPS) is 12.8. The lowest BCUT2D eigenvalue weighted by Gasteiger charge is -2.13. The van der Waals surface area contributed by atoms with Crippen LogP contribution in [0, 0.1) is 13.8 Å². The maximum absolute atomic E-state index is 6.55. The molecule has 18 heavy (non-hydrogen) atoms. The fourth-order valence-electron chi connectivity index (χ4n) is 1.62. The average Bonchev–Trinajstić information content (AvgIpc) is 2.64. The maximum Gasteiger partial charge on any atom is 0.0954 e. The van der Waals surface area contributed by atoms with E-state index in [0.717, 1.165) is 30.0 Å². The van der Waals surface area contributed by atoms with Crippen molar-refractivity contribution in [2.45, 2.75) is 19.2 Å². The van der Waals surface area contributed by atoms with Gasteiger partial charge in [0.25, 0.3) is 0 Å². The molecule has 96 valence electrons. The summed E-state index contributed by atoms with van der Waals surface area (Å²) in [5, 5.41) is 2.57. The predicted octanol–water partition coefficient (Wildman–Crippen LogP) is 6.87. The Morgan fingerprint density at radius 1 is 1.11 bits per heavy atom. The van der Waals surface area contributed by atoms with E-state index in [9.17, 15) is 0 Å². The Bertz CT molecular complexity index is 593. The second-order valence-electron chi connectivity index (χ2n) is 4.08. The van der Waals surface area contributed by atoms with Crippen LogP contribution in [0.15, 0.2) is 26.5 Å². The highest BCUT2D eigenvalue weighted by molar-refractivity contribution is 9.11. The highest BCUT2D eigenvalue weighted by Crippen LogP contribution is 2.42. The Labute approximate surface area is 138 Å². The van der Waals surface area contributed by atoms with Gasteiger partial charge in [0, 0.05) is 13.8 Å². The van der Waals surface area contributed by atoms with Crippen molar-refractivity contribution >= 4 is 66.4 Å². The summed E-state index contributed by atoms with van der Waals surface area (Å²) >= 11 is 21.5. The Morgan fingerprint density at radius 2 is 1.78 bits per heavy atom. The van der Waals surface area contributed by atoms with Crippen LogP contribution in [0.2, 0.25) is 5.02 Å². The van der Waals surface area contributed by atoms with Crippen LogP contribution in [0.5, 0.6) is 0 Å². The van der Waals surface area contributed by atoms with Gasteiger partial charge in [-0.3, -0.25) is 0 Å². The van der Waals surface area contributed by atoms with Crippen molar-refractivity contribution < 1.29 is 0 Å². The van der Waals surface area contributed by atoms with Crippen molar-refractivity contribution in [3.8, 4) is 0 Å². The molecule has 0 aliphatic heterocycles. The first-order chi connectivity index (χ1) is 8.41. The maximum atomic E-state index is 6.55. The van der Waals surface area contributed by atoms with E-state index in [2.05, 4.69) is 37.9 Å². The van der Waals surface area contributed by atoms with Gasteiger partial charge >= 0.3 is 0 Å². The van der Waals surface area contributed by atoms with Gasteiger partial charge in [-0.2, -0.15) is 0 Å². The summed E-state index contributed by atoms with van der Waals surface area (Å²) in [5.41, 5.74) is 3.27. The van der Waals surface area contributed by atoms with E-state index in [4.69, 9.17) is 23.2 Å². The molecule has 1 heterocycles. The molecular formula is C13H10Br2Cl2S. The van der Waals surface area contributed by atoms with Gasteiger partial charge in [-0.15, -0.1) is 22.9 Å². The van der Waals surface area contributed by atoms with Crippen LogP contribution in [0.1, 0.15) is 26.9 Å². The SMILES string of the molecule is Cc1cc(Br)c(C(Cl)c2scc(C)c2Cl)cc1Br. The molecule has 1 atom stereocenters. The molecule has 0 saturated carbocycles. The first kappa shape index (κ1) is 14.9. The Kier molecular flexibility index (Phi) is 4.82. The van der Waals surface area contributed by atoms with Gasteiger partial charge in [0.1, 0.15) is 0 Å². The van der Waals surface area contributed by atoms with Crippen molar-refractivity contribution in [3.63, 3.8) is 0 Å². The van der Waals surface area contributed by atoms with Crippen LogP contribution in [0.4, 0.5) is 0 Å². The Morgan fingerprint density at radius 3 is 2.33 bits per heavy atom. The lowest BCUT2D eigenvalue weighted by atomic mass is 10.1. The van der Waals surface area contributed by atoms with E-state index >= 15 is 0 Å². The molecule has 0 nitrogen and oxygen atoms in total. The molecule has 5 heteroatoms. The lowest BCUT2D eigenvalue weighted by molar-refractivity contribution is 1.15. The first-order valence-electron chi connectivity index (χ1n) is 5.25. The van der Waals surface area contributed by atoms with E-state index in [1.54, 1.807) is 11.3 Å². The molecule has 0 aliphatic rings. The molecule has 0 spiro atoms. The number of hydrogen-bond acceptors (Lipinski definition) is 1. The van der Waals surface area contributed by atoms with Gasteiger partial charge in [0.05, 0.1) is 10.4 Å². The number of rotatable bonds is 2. The van der Waals surface area contributed by atoms with Gasteiger partial charge in [-0.1, -0.05) is 43.5 Å². The smallest absolute Gasteiger partial charge is 0.0954 e. The molecule has 1 unspecified atom stereocenters. The van der Waals surface area contributed by atoms with Crippen LogP contribution in [-0.4, -0.2) is 0 Å². The predicted molar refractivity (Wildman–Crippen MR) is 88.3 cm³/mol. The monoisotopic (exact) mass is 426 g/mol. The number of halogens is 4. The molecule has 0 aliphatic carbocycles. The average molecular weight is 429 g/mol. The van der Waals surface area contributed by atoms with Gasteiger partial charge in [0.2, 0.25) is 0 Å². The zero-order valence-electron chi connectivity index (χ0n) is 9.73. The third kappa shape index (κ3) is 2.80.